The van der Waals surface area contributed by atoms with Gasteiger partial charge in [0.05, 0.1) is 16.1 Å². The van der Waals surface area contributed by atoms with Crippen LogP contribution in [0, 0.1) is 6.92 Å². The van der Waals surface area contributed by atoms with Crippen molar-refractivity contribution in [3.63, 3.8) is 0 Å². The van der Waals surface area contributed by atoms with Gasteiger partial charge in [0.25, 0.3) is 16.4 Å². The van der Waals surface area contributed by atoms with Crippen molar-refractivity contribution in [3.05, 3.63) is 53.6 Å². The smallest absolute Gasteiger partial charge is 0.416 e. The molecular weight excluding hydrogens is 381 g/mol. The summed E-state index contributed by atoms with van der Waals surface area (Å²) >= 11 is 0. The van der Waals surface area contributed by atoms with Crippen molar-refractivity contribution in [2.75, 3.05) is 11.3 Å². The molecule has 0 atom stereocenters. The monoisotopic (exact) mass is 395 g/mol. The molecule has 0 bridgehead atoms. The Morgan fingerprint density at radius 3 is 2.23 bits per heavy atom. The number of rotatable bonds is 6. The van der Waals surface area contributed by atoms with Gasteiger partial charge in [-0.05, 0) is 37.3 Å². The summed E-state index contributed by atoms with van der Waals surface area (Å²) in [6, 6.07) is 7.45. The highest BCUT2D eigenvalue weighted by Crippen LogP contribution is 2.36. The summed E-state index contributed by atoms with van der Waals surface area (Å²) in [6.45, 7) is 0.636. The molecule has 0 saturated heterocycles. The number of hydrogen-bond acceptors (Lipinski definition) is 3. The Kier molecular flexibility index (Phi) is 5.74. The zero-order valence-corrected chi connectivity index (χ0v) is 14.2. The number of aryl methyl sites for hydroxylation is 1. The summed E-state index contributed by atoms with van der Waals surface area (Å²) in [6.07, 6.45) is -7.62. The topological polar surface area (TPSA) is 55.4 Å². The number of sulfonamides is 1. The first-order chi connectivity index (χ1) is 12.0. The second-order valence-corrected chi connectivity index (χ2v) is 7.01. The largest absolute Gasteiger partial charge is 0.485 e. The van der Waals surface area contributed by atoms with Gasteiger partial charge in [-0.1, -0.05) is 17.7 Å². The molecule has 2 aromatic carbocycles. The quantitative estimate of drug-likeness (QED) is 0.735. The number of halogens is 5. The second kappa shape index (κ2) is 7.48. The number of nitrogens with one attached hydrogen (secondary N) is 1. The van der Waals surface area contributed by atoms with E-state index >= 15 is 0 Å². The van der Waals surface area contributed by atoms with E-state index in [1.165, 1.54) is 24.3 Å². The summed E-state index contributed by atoms with van der Waals surface area (Å²) in [5, 5.41) is 0. The lowest BCUT2D eigenvalue weighted by Gasteiger charge is -2.16. The van der Waals surface area contributed by atoms with Crippen LogP contribution < -0.4 is 9.46 Å². The van der Waals surface area contributed by atoms with Gasteiger partial charge in [0.15, 0.2) is 0 Å². The highest BCUT2D eigenvalue weighted by atomic mass is 32.2. The van der Waals surface area contributed by atoms with Gasteiger partial charge in [-0.3, -0.25) is 4.72 Å². The number of hydrogen-bond donors (Lipinski definition) is 1. The summed E-state index contributed by atoms with van der Waals surface area (Å²) in [5.74, 6) is -0.436. The number of benzene rings is 2. The maximum absolute atomic E-state index is 12.9. The Morgan fingerprint density at radius 2 is 1.69 bits per heavy atom. The van der Waals surface area contributed by atoms with Crippen LogP contribution in [0.1, 0.15) is 11.1 Å². The maximum atomic E-state index is 12.9. The molecule has 0 aromatic heterocycles. The van der Waals surface area contributed by atoms with E-state index < -0.39 is 46.2 Å². The lowest BCUT2D eigenvalue weighted by Crippen LogP contribution is -2.16. The Labute approximate surface area is 146 Å². The fourth-order valence-corrected chi connectivity index (χ4v) is 3.05. The molecule has 1 N–H and O–H groups in total. The lowest BCUT2D eigenvalue weighted by atomic mass is 10.2. The van der Waals surface area contributed by atoms with Crippen molar-refractivity contribution < 1.29 is 35.1 Å². The van der Waals surface area contributed by atoms with E-state index in [0.717, 1.165) is 11.6 Å². The van der Waals surface area contributed by atoms with Crippen LogP contribution in [-0.4, -0.2) is 21.5 Å². The van der Waals surface area contributed by atoms with Crippen LogP contribution in [0.4, 0.5) is 27.6 Å². The Balaban J connectivity index is 2.42. The molecule has 26 heavy (non-hydrogen) atoms. The zero-order valence-electron chi connectivity index (χ0n) is 13.3. The molecule has 0 aliphatic carbocycles. The van der Waals surface area contributed by atoms with Crippen molar-refractivity contribution in [2.45, 2.75) is 24.4 Å². The van der Waals surface area contributed by atoms with Gasteiger partial charge in [0.1, 0.15) is 12.4 Å². The van der Waals surface area contributed by atoms with Crippen molar-refractivity contribution in [1.82, 2.24) is 0 Å². The van der Waals surface area contributed by atoms with Gasteiger partial charge < -0.3 is 4.74 Å². The van der Waals surface area contributed by atoms with Crippen LogP contribution in [0.3, 0.4) is 0 Å². The van der Waals surface area contributed by atoms with Crippen LogP contribution in [0.5, 0.6) is 5.75 Å². The SMILES string of the molecule is Cc1ccc(S(=O)(=O)Nc2cc(C(F)(F)F)ccc2OCC(F)F)cc1. The molecular formula is C16H14F5NO3S. The van der Waals surface area contributed by atoms with Crippen LogP contribution in [-0.2, 0) is 16.2 Å². The van der Waals surface area contributed by atoms with Crippen molar-refractivity contribution in [1.29, 1.82) is 0 Å². The third kappa shape index (κ3) is 5.07. The van der Waals surface area contributed by atoms with Gasteiger partial charge in [0, 0.05) is 0 Å². The minimum atomic E-state index is -4.74. The van der Waals surface area contributed by atoms with Gasteiger partial charge in [0.2, 0.25) is 0 Å². The lowest BCUT2D eigenvalue weighted by molar-refractivity contribution is -0.137. The van der Waals surface area contributed by atoms with E-state index in [1.54, 1.807) is 6.92 Å². The summed E-state index contributed by atoms with van der Waals surface area (Å²) in [4.78, 5) is -0.194. The molecule has 2 aromatic rings. The Morgan fingerprint density at radius 1 is 1.08 bits per heavy atom. The van der Waals surface area contributed by atoms with Crippen molar-refractivity contribution in [3.8, 4) is 5.75 Å². The van der Waals surface area contributed by atoms with E-state index in [0.29, 0.717) is 12.1 Å². The van der Waals surface area contributed by atoms with Crippen LogP contribution >= 0.6 is 0 Å². The van der Waals surface area contributed by atoms with E-state index in [2.05, 4.69) is 0 Å². The molecule has 4 nitrogen and oxygen atoms in total. The van der Waals surface area contributed by atoms with Crippen molar-refractivity contribution >= 4 is 15.7 Å². The van der Waals surface area contributed by atoms with E-state index in [1.807, 2.05) is 4.72 Å². The normalized spacial score (nSPS) is 12.3. The molecule has 0 aliphatic rings. The molecule has 0 heterocycles. The molecule has 0 saturated carbocycles. The summed E-state index contributed by atoms with van der Waals surface area (Å²) in [7, 11) is -4.24. The molecule has 0 unspecified atom stereocenters. The molecule has 0 fully saturated rings. The number of alkyl halides is 5. The highest BCUT2D eigenvalue weighted by molar-refractivity contribution is 7.92. The number of ether oxygens (including phenoxy) is 1. The first-order valence-electron chi connectivity index (χ1n) is 7.21. The van der Waals surface area contributed by atoms with Crippen molar-refractivity contribution in [2.24, 2.45) is 0 Å². The van der Waals surface area contributed by atoms with Gasteiger partial charge >= 0.3 is 6.18 Å². The third-order valence-electron chi connectivity index (χ3n) is 3.25. The summed E-state index contributed by atoms with van der Waals surface area (Å²) in [5.41, 5.74) is -0.950. The van der Waals surface area contributed by atoms with Crippen LogP contribution in [0.2, 0.25) is 0 Å². The second-order valence-electron chi connectivity index (χ2n) is 5.33. The molecule has 0 amide bonds. The molecule has 142 valence electrons. The minimum Gasteiger partial charge on any atom is -0.485 e. The predicted octanol–water partition coefficient (Wildman–Crippen LogP) is 4.46. The molecule has 10 heteroatoms. The maximum Gasteiger partial charge on any atom is 0.416 e. The fraction of sp³-hybridized carbons (Fsp3) is 0.250. The average molecular weight is 395 g/mol. The average Bonchev–Trinajstić information content (AvgIpc) is 2.52. The van der Waals surface area contributed by atoms with Gasteiger partial charge in [-0.15, -0.1) is 0 Å². The molecule has 0 spiro atoms. The zero-order chi connectivity index (χ0) is 19.5. The van der Waals surface area contributed by atoms with Crippen LogP contribution in [0.15, 0.2) is 47.4 Å². The first kappa shape index (κ1) is 20.0. The van der Waals surface area contributed by atoms with E-state index in [9.17, 15) is 30.4 Å². The Hall–Kier alpha value is -2.36. The number of anilines is 1. The van der Waals surface area contributed by atoms with Crippen LogP contribution in [0.25, 0.3) is 0 Å². The van der Waals surface area contributed by atoms with E-state index in [-0.39, 0.29) is 4.90 Å². The molecule has 0 aliphatic heterocycles. The first-order valence-corrected chi connectivity index (χ1v) is 8.69. The third-order valence-corrected chi connectivity index (χ3v) is 4.63. The standard InChI is InChI=1S/C16H14F5NO3S/c1-10-2-5-12(6-3-10)26(23,24)22-13-8-11(16(19,20)21)4-7-14(13)25-9-15(17)18/h2-8,15,22H,9H2,1H3. The van der Waals surface area contributed by atoms with E-state index in [4.69, 9.17) is 4.74 Å². The predicted molar refractivity (Wildman–Crippen MR) is 84.9 cm³/mol. The summed E-state index contributed by atoms with van der Waals surface area (Å²) < 4.78 is 94.7. The highest BCUT2D eigenvalue weighted by Gasteiger charge is 2.32. The molecule has 0 radical (unpaired) electrons. The fourth-order valence-electron chi connectivity index (χ4n) is 1.99. The van der Waals surface area contributed by atoms with Gasteiger partial charge in [-0.2, -0.15) is 13.2 Å². The molecule has 2 rings (SSSR count). The Bertz CT molecular complexity index is 864. The minimum absolute atomic E-state index is 0.194. The van der Waals surface area contributed by atoms with Gasteiger partial charge in [-0.25, -0.2) is 17.2 Å².